The molecule has 2 heterocycles. The van der Waals surface area contributed by atoms with Gasteiger partial charge in [0.2, 0.25) is 0 Å². The van der Waals surface area contributed by atoms with Crippen LogP contribution in [0.5, 0.6) is 5.75 Å². The van der Waals surface area contributed by atoms with E-state index in [0.29, 0.717) is 25.1 Å². The van der Waals surface area contributed by atoms with Crippen LogP contribution in [-0.2, 0) is 0 Å². The second-order valence-corrected chi connectivity index (χ2v) is 11.7. The number of benzene rings is 2. The molecule has 1 saturated heterocycles. The Bertz CT molecular complexity index is 1070. The second-order valence-electron chi connectivity index (χ2n) is 11.7. The fourth-order valence-corrected chi connectivity index (χ4v) is 6.30. The monoisotopic (exact) mass is 535 g/mol. The number of piperidine rings is 1. The summed E-state index contributed by atoms with van der Waals surface area (Å²) in [4.78, 5) is 3.47. The number of para-hydroxylation sites is 1. The SMILES string of the molecule is CCCCCCCCCCCCCC(NC[C@H](O)COc1cccc2[nH]c3ccccc3c12)C1CCNCC1. The Morgan fingerprint density at radius 3 is 2.26 bits per heavy atom. The zero-order valence-corrected chi connectivity index (χ0v) is 24.4. The van der Waals surface area contributed by atoms with E-state index in [2.05, 4.69) is 46.8 Å². The highest BCUT2D eigenvalue weighted by atomic mass is 16.5. The first-order valence-electron chi connectivity index (χ1n) is 16.0. The van der Waals surface area contributed by atoms with Crippen LogP contribution in [-0.4, -0.2) is 48.5 Å². The molecule has 5 nitrogen and oxygen atoms in total. The molecule has 3 aromatic rings. The quantitative estimate of drug-likeness (QED) is 0.119. The van der Waals surface area contributed by atoms with Crippen LogP contribution in [0.1, 0.15) is 96.8 Å². The Hall–Kier alpha value is -2.08. The van der Waals surface area contributed by atoms with Crippen molar-refractivity contribution < 1.29 is 9.84 Å². The van der Waals surface area contributed by atoms with Crippen LogP contribution in [0.15, 0.2) is 42.5 Å². The van der Waals surface area contributed by atoms with Crippen LogP contribution in [0.4, 0.5) is 0 Å². The van der Waals surface area contributed by atoms with Crippen LogP contribution in [0.25, 0.3) is 21.8 Å². The summed E-state index contributed by atoms with van der Waals surface area (Å²) in [5, 5.41) is 20.4. The maximum Gasteiger partial charge on any atom is 0.129 e. The Kier molecular flexibility index (Phi) is 12.9. The molecule has 1 aliphatic rings. The first kappa shape index (κ1) is 29.9. The van der Waals surface area contributed by atoms with Gasteiger partial charge in [0.1, 0.15) is 18.5 Å². The molecule has 1 aromatic heterocycles. The molecule has 0 aliphatic carbocycles. The summed E-state index contributed by atoms with van der Waals surface area (Å²) < 4.78 is 6.18. The zero-order valence-electron chi connectivity index (χ0n) is 24.4. The third kappa shape index (κ3) is 9.51. The van der Waals surface area contributed by atoms with Gasteiger partial charge >= 0.3 is 0 Å². The normalized spacial score (nSPS) is 16.2. The Morgan fingerprint density at radius 2 is 1.51 bits per heavy atom. The first-order valence-corrected chi connectivity index (χ1v) is 16.0. The summed E-state index contributed by atoms with van der Waals surface area (Å²) in [7, 11) is 0. The number of nitrogens with one attached hydrogen (secondary N) is 3. The van der Waals surface area contributed by atoms with E-state index < -0.39 is 6.10 Å². The smallest absolute Gasteiger partial charge is 0.129 e. The lowest BCUT2D eigenvalue weighted by atomic mass is 9.87. The summed E-state index contributed by atoms with van der Waals surface area (Å²) in [5.41, 5.74) is 2.18. The van der Waals surface area contributed by atoms with Gasteiger partial charge in [-0.15, -0.1) is 0 Å². The highest BCUT2D eigenvalue weighted by Gasteiger charge is 2.23. The number of hydrogen-bond acceptors (Lipinski definition) is 4. The maximum atomic E-state index is 10.8. The van der Waals surface area contributed by atoms with Crippen LogP contribution < -0.4 is 15.4 Å². The number of hydrogen-bond donors (Lipinski definition) is 4. The number of unbranched alkanes of at least 4 members (excludes halogenated alkanes) is 10. The Morgan fingerprint density at radius 1 is 0.846 bits per heavy atom. The summed E-state index contributed by atoms with van der Waals surface area (Å²) in [5.74, 6) is 1.53. The van der Waals surface area contributed by atoms with Crippen molar-refractivity contribution in [3.05, 3.63) is 42.5 Å². The van der Waals surface area contributed by atoms with Gasteiger partial charge in [-0.2, -0.15) is 0 Å². The predicted octanol–water partition coefficient (Wildman–Crippen LogP) is 7.72. The Labute approximate surface area is 236 Å². The molecule has 1 fully saturated rings. The molecule has 0 spiro atoms. The van der Waals surface area contributed by atoms with Gasteiger partial charge in [0.05, 0.1) is 5.52 Å². The van der Waals surface area contributed by atoms with Crippen LogP contribution in [0.2, 0.25) is 0 Å². The number of aromatic amines is 1. The molecule has 2 atom stereocenters. The van der Waals surface area contributed by atoms with Crippen molar-refractivity contribution in [3.8, 4) is 5.75 Å². The average molecular weight is 536 g/mol. The molecule has 2 aromatic carbocycles. The van der Waals surface area contributed by atoms with Gasteiger partial charge in [0.15, 0.2) is 0 Å². The van der Waals surface area contributed by atoms with E-state index in [-0.39, 0.29) is 0 Å². The van der Waals surface area contributed by atoms with Crippen molar-refractivity contribution in [3.63, 3.8) is 0 Å². The molecule has 39 heavy (non-hydrogen) atoms. The van der Waals surface area contributed by atoms with Crippen molar-refractivity contribution in [2.24, 2.45) is 5.92 Å². The number of aromatic nitrogens is 1. The van der Waals surface area contributed by atoms with E-state index in [1.165, 1.54) is 89.9 Å². The van der Waals surface area contributed by atoms with E-state index in [1.54, 1.807) is 0 Å². The number of aliphatic hydroxyl groups is 1. The van der Waals surface area contributed by atoms with E-state index in [0.717, 1.165) is 40.6 Å². The molecule has 0 amide bonds. The lowest BCUT2D eigenvalue weighted by Crippen LogP contribution is -2.45. The molecule has 0 radical (unpaired) electrons. The molecular formula is C34H53N3O2. The van der Waals surface area contributed by atoms with Gasteiger partial charge in [0.25, 0.3) is 0 Å². The van der Waals surface area contributed by atoms with Crippen molar-refractivity contribution in [1.29, 1.82) is 0 Å². The van der Waals surface area contributed by atoms with Gasteiger partial charge in [-0.3, -0.25) is 0 Å². The van der Waals surface area contributed by atoms with Crippen molar-refractivity contribution in [1.82, 2.24) is 15.6 Å². The molecule has 4 rings (SSSR count). The third-order valence-electron chi connectivity index (χ3n) is 8.61. The van der Waals surface area contributed by atoms with Crippen LogP contribution in [0.3, 0.4) is 0 Å². The van der Waals surface area contributed by atoms with E-state index in [9.17, 15) is 5.11 Å². The van der Waals surface area contributed by atoms with Gasteiger partial charge in [0, 0.05) is 28.9 Å². The molecule has 1 unspecified atom stereocenters. The number of H-pyrrole nitrogens is 1. The van der Waals surface area contributed by atoms with E-state index in [4.69, 9.17) is 4.74 Å². The van der Waals surface area contributed by atoms with Gasteiger partial charge in [-0.1, -0.05) is 102 Å². The fraction of sp³-hybridized carbons (Fsp3) is 0.647. The average Bonchev–Trinajstić information content (AvgIpc) is 3.36. The molecule has 5 heteroatoms. The van der Waals surface area contributed by atoms with E-state index in [1.807, 2.05) is 18.2 Å². The van der Waals surface area contributed by atoms with Crippen molar-refractivity contribution >= 4 is 21.8 Å². The molecule has 0 saturated carbocycles. The highest BCUT2D eigenvalue weighted by molar-refractivity contribution is 6.10. The lowest BCUT2D eigenvalue weighted by molar-refractivity contribution is 0.0991. The highest BCUT2D eigenvalue weighted by Crippen LogP contribution is 2.33. The Balaban J connectivity index is 1.18. The van der Waals surface area contributed by atoms with Gasteiger partial charge in [-0.25, -0.2) is 0 Å². The molecule has 4 N–H and O–H groups in total. The molecule has 216 valence electrons. The number of ether oxygens (including phenoxy) is 1. The van der Waals surface area contributed by atoms with Gasteiger partial charge in [-0.05, 0) is 56.5 Å². The molecule has 0 bridgehead atoms. The van der Waals surface area contributed by atoms with Crippen molar-refractivity contribution in [2.75, 3.05) is 26.2 Å². The summed E-state index contributed by atoms with van der Waals surface area (Å²) in [6.45, 7) is 5.39. The zero-order chi connectivity index (χ0) is 27.1. The molecule has 1 aliphatic heterocycles. The molecular weight excluding hydrogens is 482 g/mol. The number of aliphatic hydroxyl groups excluding tert-OH is 1. The van der Waals surface area contributed by atoms with Gasteiger partial charge < -0.3 is 25.5 Å². The van der Waals surface area contributed by atoms with Crippen LogP contribution in [0, 0.1) is 5.92 Å². The summed E-state index contributed by atoms with van der Waals surface area (Å²) in [6, 6.07) is 14.9. The minimum absolute atomic E-state index is 0.295. The largest absolute Gasteiger partial charge is 0.490 e. The standard InChI is InChI=1S/C34H53N3O2/c1-2-3-4-5-6-7-8-9-10-11-12-17-30(27-21-23-35-24-22-27)36-25-28(38)26-39-33-20-15-19-32-34(33)29-16-13-14-18-31(29)37-32/h13-16,18-20,27-28,30,35-38H,2-12,17,21-26H2,1H3/t28-,30?/m0/s1. The fourth-order valence-electron chi connectivity index (χ4n) is 6.30. The number of fused-ring (bicyclic) bond motifs is 3. The minimum Gasteiger partial charge on any atom is -0.490 e. The second kappa shape index (κ2) is 16.9. The first-order chi connectivity index (χ1) is 19.3. The summed E-state index contributed by atoms with van der Waals surface area (Å²) >= 11 is 0. The van der Waals surface area contributed by atoms with E-state index >= 15 is 0 Å². The summed E-state index contributed by atoms with van der Waals surface area (Å²) in [6.07, 6.45) is 18.3. The van der Waals surface area contributed by atoms with Crippen molar-refractivity contribution in [2.45, 2.75) is 109 Å². The third-order valence-corrected chi connectivity index (χ3v) is 8.61. The maximum absolute atomic E-state index is 10.8. The topological polar surface area (TPSA) is 69.3 Å². The lowest BCUT2D eigenvalue weighted by Gasteiger charge is -2.32. The minimum atomic E-state index is -0.535. The number of rotatable bonds is 19. The predicted molar refractivity (Wildman–Crippen MR) is 166 cm³/mol. The van der Waals surface area contributed by atoms with Crippen LogP contribution >= 0.6 is 0 Å².